The number of ether oxygens (including phenoxy) is 2. The summed E-state index contributed by atoms with van der Waals surface area (Å²) < 4.78 is 11.1. The second-order valence-electron chi connectivity index (χ2n) is 9.07. The van der Waals surface area contributed by atoms with Crippen LogP contribution < -0.4 is 15.0 Å². The highest BCUT2D eigenvalue weighted by molar-refractivity contribution is 5.99. The van der Waals surface area contributed by atoms with E-state index in [2.05, 4.69) is 43.1 Å². The number of ketones is 1. The number of hydrogen-bond acceptors (Lipinski definition) is 5. The smallest absolute Gasteiger partial charge is 0.220 e. The fourth-order valence-electron chi connectivity index (χ4n) is 3.52. The number of benzene rings is 2. The lowest BCUT2D eigenvalue weighted by Gasteiger charge is -2.28. The Morgan fingerprint density at radius 2 is 1.66 bits per heavy atom. The highest BCUT2D eigenvalue weighted by Gasteiger charge is 2.14. The van der Waals surface area contributed by atoms with Crippen molar-refractivity contribution < 1.29 is 19.1 Å². The van der Waals surface area contributed by atoms with E-state index in [-0.39, 0.29) is 23.7 Å². The van der Waals surface area contributed by atoms with Crippen LogP contribution in [0.15, 0.2) is 48.5 Å². The lowest BCUT2D eigenvalue weighted by Crippen LogP contribution is -2.36. The first kappa shape index (κ1) is 23.8. The van der Waals surface area contributed by atoms with Gasteiger partial charge in [0, 0.05) is 30.8 Å². The van der Waals surface area contributed by atoms with E-state index in [0.717, 1.165) is 37.7 Å². The Morgan fingerprint density at radius 3 is 2.28 bits per heavy atom. The molecule has 3 rings (SSSR count). The number of anilines is 1. The number of nitrogens with zero attached hydrogens (tertiary/aromatic N) is 1. The molecule has 1 aliphatic rings. The molecule has 0 saturated carbocycles. The van der Waals surface area contributed by atoms with E-state index in [1.54, 1.807) is 0 Å². The van der Waals surface area contributed by atoms with Crippen LogP contribution in [0.2, 0.25) is 0 Å². The van der Waals surface area contributed by atoms with Gasteiger partial charge >= 0.3 is 0 Å². The number of carbonyl (C=O) groups is 2. The number of nitrogens with one attached hydrogen (secondary N) is 1. The number of Topliss-reactive ketones (excluding diaryl/α,β-unsaturated/α-hetero) is 1. The molecule has 1 fully saturated rings. The van der Waals surface area contributed by atoms with E-state index in [4.69, 9.17) is 9.47 Å². The first-order valence-electron chi connectivity index (χ1n) is 11.3. The third kappa shape index (κ3) is 7.09. The molecule has 1 amide bonds. The summed E-state index contributed by atoms with van der Waals surface area (Å²) in [7, 11) is 0. The van der Waals surface area contributed by atoms with Crippen LogP contribution in [0.3, 0.4) is 0 Å². The van der Waals surface area contributed by atoms with Crippen LogP contribution >= 0.6 is 0 Å². The highest BCUT2D eigenvalue weighted by atomic mass is 16.5. The quantitative estimate of drug-likeness (QED) is 0.474. The van der Waals surface area contributed by atoms with Crippen molar-refractivity contribution in [2.24, 2.45) is 0 Å². The molecule has 1 saturated heterocycles. The minimum absolute atomic E-state index is 0.00482. The zero-order valence-electron chi connectivity index (χ0n) is 19.4. The van der Waals surface area contributed by atoms with Crippen molar-refractivity contribution in [3.8, 4) is 5.75 Å². The van der Waals surface area contributed by atoms with Gasteiger partial charge in [-0.25, -0.2) is 0 Å². The van der Waals surface area contributed by atoms with Crippen LogP contribution in [0.1, 0.15) is 49.5 Å². The molecular formula is C26H34N2O4. The zero-order chi connectivity index (χ0) is 23.0. The third-order valence-electron chi connectivity index (χ3n) is 5.55. The predicted molar refractivity (Wildman–Crippen MR) is 127 cm³/mol. The Kier molecular flexibility index (Phi) is 8.28. The van der Waals surface area contributed by atoms with E-state index < -0.39 is 0 Å². The maximum Gasteiger partial charge on any atom is 0.220 e. The first-order valence-corrected chi connectivity index (χ1v) is 11.3. The van der Waals surface area contributed by atoms with E-state index in [1.165, 1.54) is 5.56 Å². The van der Waals surface area contributed by atoms with Crippen molar-refractivity contribution in [1.29, 1.82) is 0 Å². The van der Waals surface area contributed by atoms with Gasteiger partial charge in [-0.1, -0.05) is 32.9 Å². The van der Waals surface area contributed by atoms with Crippen LogP contribution in [0, 0.1) is 0 Å². The summed E-state index contributed by atoms with van der Waals surface area (Å²) in [6.45, 7) is 10.1. The summed E-state index contributed by atoms with van der Waals surface area (Å²) in [5, 5.41) is 2.71. The number of carbonyl (C=O) groups excluding carboxylic acids is 2. The molecule has 32 heavy (non-hydrogen) atoms. The number of rotatable bonds is 9. The molecule has 0 bridgehead atoms. The van der Waals surface area contributed by atoms with Crippen LogP contribution in [0.4, 0.5) is 5.69 Å². The Labute approximate surface area is 190 Å². The lowest BCUT2D eigenvalue weighted by atomic mass is 9.87. The van der Waals surface area contributed by atoms with Crippen molar-refractivity contribution >= 4 is 17.4 Å². The fourth-order valence-corrected chi connectivity index (χ4v) is 3.52. The van der Waals surface area contributed by atoms with Gasteiger partial charge in [-0.3, -0.25) is 9.59 Å². The molecule has 0 unspecified atom stereocenters. The van der Waals surface area contributed by atoms with Gasteiger partial charge in [0.25, 0.3) is 0 Å². The summed E-state index contributed by atoms with van der Waals surface area (Å²) >= 11 is 0. The molecule has 2 aromatic carbocycles. The van der Waals surface area contributed by atoms with Crippen LogP contribution in [0.5, 0.6) is 5.75 Å². The number of hydrogen-bond donors (Lipinski definition) is 1. The maximum atomic E-state index is 12.4. The van der Waals surface area contributed by atoms with Gasteiger partial charge in [0.2, 0.25) is 5.91 Å². The maximum absolute atomic E-state index is 12.4. The standard InChI is InChI=1S/C26H34N2O4/c1-26(2,3)21-8-12-23(13-9-21)32-16-4-5-25(30)27-19-24(29)20-6-10-22(11-7-20)28-14-17-31-18-15-28/h6-13H,4-5,14-19H2,1-3H3,(H,27,30). The van der Waals surface area contributed by atoms with E-state index >= 15 is 0 Å². The Morgan fingerprint density at radius 1 is 1.00 bits per heavy atom. The molecule has 2 aromatic rings. The van der Waals surface area contributed by atoms with Gasteiger partial charge in [0.05, 0.1) is 26.4 Å². The molecule has 1 aliphatic heterocycles. The van der Waals surface area contributed by atoms with Crippen molar-refractivity contribution in [2.45, 2.75) is 39.0 Å². The summed E-state index contributed by atoms with van der Waals surface area (Å²) in [4.78, 5) is 26.7. The third-order valence-corrected chi connectivity index (χ3v) is 5.55. The second-order valence-corrected chi connectivity index (χ2v) is 9.07. The summed E-state index contributed by atoms with van der Waals surface area (Å²) in [5.74, 6) is 0.561. The summed E-state index contributed by atoms with van der Waals surface area (Å²) in [6.07, 6.45) is 0.915. The normalized spacial score (nSPS) is 14.2. The SMILES string of the molecule is CC(C)(C)c1ccc(OCCCC(=O)NCC(=O)c2ccc(N3CCOCC3)cc2)cc1. The largest absolute Gasteiger partial charge is 0.494 e. The van der Waals surface area contributed by atoms with Crippen LogP contribution in [0.25, 0.3) is 0 Å². The second kappa shape index (κ2) is 11.1. The molecule has 6 nitrogen and oxygen atoms in total. The molecular weight excluding hydrogens is 404 g/mol. The number of amides is 1. The van der Waals surface area contributed by atoms with Crippen LogP contribution in [-0.4, -0.2) is 51.1 Å². The van der Waals surface area contributed by atoms with Gasteiger partial charge in [0.1, 0.15) is 5.75 Å². The van der Waals surface area contributed by atoms with Gasteiger partial charge in [-0.15, -0.1) is 0 Å². The van der Waals surface area contributed by atoms with Crippen molar-refractivity contribution in [3.05, 3.63) is 59.7 Å². The Hall–Kier alpha value is -2.86. The predicted octanol–water partition coefficient (Wildman–Crippen LogP) is 3.98. The zero-order valence-corrected chi connectivity index (χ0v) is 19.4. The minimum Gasteiger partial charge on any atom is -0.494 e. The molecule has 0 radical (unpaired) electrons. The number of morpholine rings is 1. The van der Waals surface area contributed by atoms with E-state index in [0.29, 0.717) is 25.0 Å². The minimum atomic E-state index is -0.144. The van der Waals surface area contributed by atoms with E-state index in [1.807, 2.05) is 36.4 Å². The van der Waals surface area contributed by atoms with Gasteiger partial charge in [-0.2, -0.15) is 0 Å². The molecule has 0 aromatic heterocycles. The monoisotopic (exact) mass is 438 g/mol. The molecule has 1 heterocycles. The Bertz CT molecular complexity index is 880. The van der Waals surface area contributed by atoms with Crippen LogP contribution in [-0.2, 0) is 14.9 Å². The Balaban J connectivity index is 1.34. The van der Waals surface area contributed by atoms with Gasteiger partial charge in [-0.05, 0) is 53.8 Å². The average Bonchev–Trinajstić information content (AvgIpc) is 2.80. The van der Waals surface area contributed by atoms with Gasteiger partial charge < -0.3 is 19.7 Å². The summed E-state index contributed by atoms with van der Waals surface area (Å²) in [6, 6.07) is 15.6. The molecule has 1 N–H and O–H groups in total. The van der Waals surface area contributed by atoms with Gasteiger partial charge in [0.15, 0.2) is 5.78 Å². The lowest BCUT2D eigenvalue weighted by molar-refractivity contribution is -0.121. The topological polar surface area (TPSA) is 67.9 Å². The average molecular weight is 439 g/mol. The van der Waals surface area contributed by atoms with Crippen molar-refractivity contribution in [3.63, 3.8) is 0 Å². The fraction of sp³-hybridized carbons (Fsp3) is 0.462. The molecule has 0 spiro atoms. The summed E-state index contributed by atoms with van der Waals surface area (Å²) in [5.41, 5.74) is 3.05. The molecule has 172 valence electrons. The van der Waals surface area contributed by atoms with Crippen molar-refractivity contribution in [2.75, 3.05) is 44.4 Å². The first-order chi connectivity index (χ1) is 15.3. The molecule has 0 atom stereocenters. The highest BCUT2D eigenvalue weighted by Crippen LogP contribution is 2.24. The van der Waals surface area contributed by atoms with E-state index in [9.17, 15) is 9.59 Å². The van der Waals surface area contributed by atoms with Crippen molar-refractivity contribution in [1.82, 2.24) is 5.32 Å². The molecule has 0 aliphatic carbocycles. The molecule has 6 heteroatoms.